The highest BCUT2D eigenvalue weighted by Crippen LogP contribution is 2.43. The van der Waals surface area contributed by atoms with Crippen LogP contribution in [0, 0.1) is 0 Å². The number of phosphoric ester groups is 1. The lowest BCUT2D eigenvalue weighted by Crippen LogP contribution is -2.30. The predicted octanol–water partition coefficient (Wildman–Crippen LogP) is 17.4. The number of unbranched alkanes of at least 4 members (excludes halogenated alkanes) is 13. The highest BCUT2D eigenvalue weighted by Gasteiger charge is 2.28. The van der Waals surface area contributed by atoms with E-state index >= 15 is 0 Å². The molecule has 0 bridgehead atoms. The van der Waals surface area contributed by atoms with E-state index in [0.717, 1.165) is 122 Å². The van der Waals surface area contributed by atoms with E-state index in [9.17, 15) is 28.9 Å². The van der Waals surface area contributed by atoms with Gasteiger partial charge in [0.2, 0.25) is 0 Å². The van der Waals surface area contributed by atoms with E-state index in [-0.39, 0.29) is 25.9 Å². The molecule has 11 nitrogen and oxygen atoms in total. The van der Waals surface area contributed by atoms with Crippen molar-refractivity contribution in [2.45, 2.75) is 226 Å². The van der Waals surface area contributed by atoms with Crippen LogP contribution >= 0.6 is 7.82 Å². The maximum Gasteiger partial charge on any atom is 0.472 e. The lowest BCUT2D eigenvalue weighted by atomic mass is 10.1. The third-order valence-corrected chi connectivity index (χ3v) is 12.5. The first-order chi connectivity index (χ1) is 37.2. The molecular formula is C64H103O11P. The van der Waals surface area contributed by atoms with Crippen molar-refractivity contribution in [3.63, 3.8) is 0 Å². The maximum absolute atomic E-state index is 12.9. The van der Waals surface area contributed by atoms with Gasteiger partial charge in [0.05, 0.1) is 19.8 Å². The summed E-state index contributed by atoms with van der Waals surface area (Å²) in [4.78, 5) is 48.5. The van der Waals surface area contributed by atoms with Gasteiger partial charge in [-0.25, -0.2) is 4.57 Å². The average Bonchev–Trinajstić information content (AvgIpc) is 3.41. The summed E-state index contributed by atoms with van der Waals surface area (Å²) in [5.41, 5.74) is 0. The van der Waals surface area contributed by atoms with Crippen molar-refractivity contribution in [3.05, 3.63) is 134 Å². The van der Waals surface area contributed by atoms with E-state index in [4.69, 9.17) is 23.3 Å². The minimum atomic E-state index is -4.79. The summed E-state index contributed by atoms with van der Waals surface area (Å²) < 4.78 is 39.4. The third-order valence-electron chi connectivity index (χ3n) is 11.6. The van der Waals surface area contributed by atoms with Crippen LogP contribution in [0.25, 0.3) is 0 Å². The molecule has 3 unspecified atom stereocenters. The Kier molecular flexibility index (Phi) is 53.5. The molecular weight excluding hydrogens is 976 g/mol. The lowest BCUT2D eigenvalue weighted by molar-refractivity contribution is -0.161. The van der Waals surface area contributed by atoms with Gasteiger partial charge in [0.1, 0.15) is 12.7 Å². The minimum absolute atomic E-state index is 0.0464. The first-order valence-corrected chi connectivity index (χ1v) is 30.6. The smallest absolute Gasteiger partial charge is 0.462 e. The molecule has 0 aromatic rings. The highest BCUT2D eigenvalue weighted by atomic mass is 31.2. The topological polar surface area (TPSA) is 155 Å². The molecule has 430 valence electrons. The molecule has 0 rings (SSSR count). The number of esters is 3. The van der Waals surface area contributed by atoms with E-state index < -0.39 is 57.8 Å². The first kappa shape index (κ1) is 71.6. The van der Waals surface area contributed by atoms with Gasteiger partial charge in [-0.2, -0.15) is 0 Å². The molecule has 3 atom stereocenters. The number of carbonyl (C=O) groups is 3. The van der Waals surface area contributed by atoms with Crippen LogP contribution < -0.4 is 0 Å². The van der Waals surface area contributed by atoms with Crippen LogP contribution in [0.3, 0.4) is 0 Å². The predicted molar refractivity (Wildman–Crippen MR) is 316 cm³/mol. The van der Waals surface area contributed by atoms with Crippen molar-refractivity contribution in [1.29, 1.82) is 0 Å². The van der Waals surface area contributed by atoms with Gasteiger partial charge in [0.15, 0.2) is 6.10 Å². The highest BCUT2D eigenvalue weighted by molar-refractivity contribution is 7.47. The third kappa shape index (κ3) is 54.4. The Balaban J connectivity index is 4.87. The Bertz CT molecular complexity index is 1780. The van der Waals surface area contributed by atoms with Gasteiger partial charge in [-0.05, 0) is 122 Å². The van der Waals surface area contributed by atoms with Gasteiger partial charge in [-0.3, -0.25) is 23.4 Å². The molecule has 0 saturated carbocycles. The number of ether oxygens (including phenoxy) is 3. The van der Waals surface area contributed by atoms with E-state index in [1.54, 1.807) is 0 Å². The number of rotatable bonds is 52. The molecule has 0 heterocycles. The molecule has 0 aromatic carbocycles. The van der Waals surface area contributed by atoms with Gasteiger partial charge >= 0.3 is 25.7 Å². The molecule has 0 radical (unpaired) electrons. The molecule has 0 aliphatic rings. The number of carbonyl (C=O) groups excluding carboxylic acids is 3. The Hall–Kier alpha value is -4.38. The minimum Gasteiger partial charge on any atom is -0.462 e. The number of allylic oxidation sites excluding steroid dienone is 22. The summed E-state index contributed by atoms with van der Waals surface area (Å²) in [5.74, 6) is -1.61. The molecule has 0 aromatic heterocycles. The molecule has 0 amide bonds. The molecule has 76 heavy (non-hydrogen) atoms. The van der Waals surface area contributed by atoms with Crippen LogP contribution in [0.2, 0.25) is 0 Å². The number of aliphatic hydroxyl groups excluding tert-OH is 1. The van der Waals surface area contributed by atoms with Crippen molar-refractivity contribution in [2.75, 3.05) is 26.4 Å². The largest absolute Gasteiger partial charge is 0.472 e. The van der Waals surface area contributed by atoms with Crippen LogP contribution in [0.15, 0.2) is 134 Å². The van der Waals surface area contributed by atoms with Crippen molar-refractivity contribution in [2.24, 2.45) is 0 Å². The Morgan fingerprint density at radius 2 is 0.711 bits per heavy atom. The summed E-state index contributed by atoms with van der Waals surface area (Å²) in [6.07, 6.45) is 71.4. The van der Waals surface area contributed by atoms with Crippen molar-refractivity contribution in [1.82, 2.24) is 0 Å². The van der Waals surface area contributed by atoms with Gasteiger partial charge in [0, 0.05) is 19.3 Å². The molecule has 12 heteroatoms. The second-order valence-corrected chi connectivity index (χ2v) is 20.1. The molecule has 0 fully saturated rings. The maximum atomic E-state index is 12.9. The quantitative estimate of drug-likeness (QED) is 0.0197. The number of phosphoric acid groups is 1. The number of hydrogen-bond acceptors (Lipinski definition) is 10. The van der Waals surface area contributed by atoms with Crippen LogP contribution in [-0.2, 0) is 42.2 Å². The monoisotopic (exact) mass is 1080 g/mol. The molecule has 0 aliphatic heterocycles. The van der Waals surface area contributed by atoms with Crippen LogP contribution in [0.1, 0.15) is 213 Å². The second kappa shape index (κ2) is 56.8. The summed E-state index contributed by atoms with van der Waals surface area (Å²) in [6, 6.07) is 0. The van der Waals surface area contributed by atoms with E-state index in [2.05, 4.69) is 136 Å². The fraction of sp³-hybridized carbons (Fsp3) is 0.609. The Morgan fingerprint density at radius 3 is 1.14 bits per heavy atom. The number of hydrogen-bond donors (Lipinski definition) is 2. The van der Waals surface area contributed by atoms with Gasteiger partial charge < -0.3 is 24.2 Å². The number of aliphatic hydroxyl groups is 1. The molecule has 0 aliphatic carbocycles. The second-order valence-electron chi connectivity index (χ2n) is 18.7. The van der Waals surface area contributed by atoms with Gasteiger partial charge in [0.25, 0.3) is 0 Å². The fourth-order valence-corrected chi connectivity index (χ4v) is 7.97. The van der Waals surface area contributed by atoms with Gasteiger partial charge in [-0.15, -0.1) is 0 Å². The van der Waals surface area contributed by atoms with E-state index in [1.807, 2.05) is 18.2 Å². The fourth-order valence-electron chi connectivity index (χ4n) is 7.19. The van der Waals surface area contributed by atoms with E-state index in [0.29, 0.717) is 19.3 Å². The Morgan fingerprint density at radius 1 is 0.382 bits per heavy atom. The van der Waals surface area contributed by atoms with E-state index in [1.165, 1.54) is 32.1 Å². The average molecular weight is 1080 g/mol. The zero-order valence-corrected chi connectivity index (χ0v) is 48.3. The van der Waals surface area contributed by atoms with Crippen LogP contribution in [-0.4, -0.2) is 66.5 Å². The van der Waals surface area contributed by atoms with Gasteiger partial charge in [-0.1, -0.05) is 206 Å². The van der Waals surface area contributed by atoms with Crippen LogP contribution in [0.5, 0.6) is 0 Å². The zero-order valence-electron chi connectivity index (χ0n) is 47.4. The summed E-state index contributed by atoms with van der Waals surface area (Å²) in [5, 5.41) is 9.79. The lowest BCUT2D eigenvalue weighted by Gasteiger charge is -2.21. The summed E-state index contributed by atoms with van der Waals surface area (Å²) in [7, 11) is -4.79. The normalized spacial score (nSPS) is 14.3. The SMILES string of the molecule is CC/C=C\C/C=C\C/C=C\C/C=C\C/C=C\CCCCCC(=O)OCC(COP(=O)(O)OCC(CO)OC(=O)CC/C=C\C/C=C\C/C=C\C/C=C\CC)OC(=O)CCCCCCCCC/C=C\C/C=C\CCCCC. The van der Waals surface area contributed by atoms with Crippen LogP contribution in [0.4, 0.5) is 0 Å². The molecule has 0 saturated heterocycles. The summed E-state index contributed by atoms with van der Waals surface area (Å²) in [6.45, 7) is 4.24. The zero-order chi connectivity index (χ0) is 55.5. The van der Waals surface area contributed by atoms with Crippen molar-refractivity contribution in [3.8, 4) is 0 Å². The van der Waals surface area contributed by atoms with Crippen molar-refractivity contribution >= 4 is 25.7 Å². The Labute approximate surface area is 461 Å². The molecule has 2 N–H and O–H groups in total. The first-order valence-electron chi connectivity index (χ1n) is 29.1. The van der Waals surface area contributed by atoms with Crippen molar-refractivity contribution < 1.29 is 52.2 Å². The molecule has 0 spiro atoms. The standard InChI is InChI=1S/C64H103O11P/c1-4-7-10-13-16-19-22-25-27-29-30-32-33-36-38-41-44-47-50-53-62(66)71-57-61(75-64(68)55-52-49-46-43-40-37-34-31-28-26-23-20-17-14-11-8-5-2)59-73-76(69,70)72-58-60(56-65)74-63(67)54-51-48-45-42-39-35-24-21-18-15-12-9-6-3/h7,9-10,12,16-21,25-28,30,32,35-36,38-39,45,48,60-61,65H,4-6,8,11,13-15,22-24,29,31,33-34,37,40-44,46-47,49-59H2,1-3H3,(H,69,70)/b10-7-,12-9-,19-16-,20-17-,21-18-,27-25-,28-26-,32-30-,38-36-,39-35-,48-45-. The summed E-state index contributed by atoms with van der Waals surface area (Å²) >= 11 is 0.